The lowest BCUT2D eigenvalue weighted by Gasteiger charge is -2.24. The number of thiophene rings is 1. The molecule has 2 aromatic heterocycles. The fourth-order valence-electron chi connectivity index (χ4n) is 3.59. The monoisotopic (exact) mass is 351 g/mol. The normalized spacial score (nSPS) is 27.6. The molecular formula is C16H14ClNO2S2. The van der Waals surface area contributed by atoms with E-state index in [0.717, 1.165) is 34.0 Å². The number of ketones is 2. The van der Waals surface area contributed by atoms with Crippen molar-refractivity contribution in [3.05, 3.63) is 27.0 Å². The lowest BCUT2D eigenvalue weighted by atomic mass is 9.77. The largest absolute Gasteiger partial charge is 0.298 e. The third kappa shape index (κ3) is 2.18. The summed E-state index contributed by atoms with van der Waals surface area (Å²) in [4.78, 5) is 31.8. The summed E-state index contributed by atoms with van der Waals surface area (Å²) < 4.78 is 0.715. The van der Waals surface area contributed by atoms with Crippen LogP contribution in [0.1, 0.15) is 35.8 Å². The smallest absolute Gasteiger partial charge is 0.152 e. The second-order valence-electron chi connectivity index (χ2n) is 6.01. The van der Waals surface area contributed by atoms with Crippen LogP contribution in [0.4, 0.5) is 0 Å². The lowest BCUT2D eigenvalue weighted by molar-refractivity contribution is -0.136. The van der Waals surface area contributed by atoms with E-state index in [1.165, 1.54) is 22.7 Å². The maximum atomic E-state index is 12.6. The molecule has 0 saturated heterocycles. The number of hydrogen-bond donors (Lipinski definition) is 0. The highest BCUT2D eigenvalue weighted by Gasteiger charge is 2.48. The molecule has 1 unspecified atom stereocenters. The zero-order chi connectivity index (χ0) is 15.4. The van der Waals surface area contributed by atoms with Crippen LogP contribution in [0, 0.1) is 18.8 Å². The van der Waals surface area contributed by atoms with Gasteiger partial charge in [-0.05, 0) is 38.3 Å². The number of carbonyl (C=O) groups is 2. The van der Waals surface area contributed by atoms with Gasteiger partial charge in [-0.15, -0.1) is 22.7 Å². The average Bonchev–Trinajstić information content (AvgIpc) is 3.17. The van der Waals surface area contributed by atoms with Crippen molar-refractivity contribution in [2.24, 2.45) is 11.8 Å². The van der Waals surface area contributed by atoms with Crippen LogP contribution in [0.15, 0.2) is 12.1 Å². The van der Waals surface area contributed by atoms with E-state index in [-0.39, 0.29) is 23.4 Å². The number of halogens is 1. The van der Waals surface area contributed by atoms with Gasteiger partial charge in [0.1, 0.15) is 10.9 Å². The summed E-state index contributed by atoms with van der Waals surface area (Å²) in [5.41, 5.74) is 0.677. The van der Waals surface area contributed by atoms with Crippen LogP contribution in [-0.2, 0) is 9.59 Å². The van der Waals surface area contributed by atoms with Gasteiger partial charge in [-0.2, -0.15) is 0 Å². The number of aromatic nitrogens is 1. The molecule has 0 spiro atoms. The van der Waals surface area contributed by atoms with E-state index in [0.29, 0.717) is 10.0 Å². The molecule has 3 nitrogen and oxygen atoms in total. The summed E-state index contributed by atoms with van der Waals surface area (Å²) in [6, 6.07) is 3.78. The maximum absolute atomic E-state index is 12.6. The molecule has 0 N–H and O–H groups in total. The minimum atomic E-state index is -0.633. The highest BCUT2D eigenvalue weighted by atomic mass is 35.5. The Morgan fingerprint density at radius 2 is 1.82 bits per heavy atom. The predicted octanol–water partition coefficient (Wildman–Crippen LogP) is 4.49. The molecule has 0 amide bonds. The summed E-state index contributed by atoms with van der Waals surface area (Å²) >= 11 is 8.99. The Bertz CT molecular complexity index is 757. The molecule has 22 heavy (non-hydrogen) atoms. The molecule has 2 heterocycles. The number of nitrogens with zero attached hydrogens (tertiary/aromatic N) is 1. The second-order valence-corrected chi connectivity index (χ2v) is 8.93. The molecular weight excluding hydrogens is 338 g/mol. The van der Waals surface area contributed by atoms with Gasteiger partial charge in [0.2, 0.25) is 0 Å². The summed E-state index contributed by atoms with van der Waals surface area (Å²) in [5, 5.41) is 0.850. The van der Waals surface area contributed by atoms with Crippen molar-refractivity contribution in [3.8, 4) is 9.88 Å². The fourth-order valence-corrected chi connectivity index (χ4v) is 5.64. The molecule has 2 aliphatic carbocycles. The Morgan fingerprint density at radius 1 is 1.14 bits per heavy atom. The van der Waals surface area contributed by atoms with Crippen LogP contribution in [0.25, 0.3) is 9.88 Å². The first-order valence-electron chi connectivity index (χ1n) is 7.35. The molecule has 2 saturated carbocycles. The summed E-state index contributed by atoms with van der Waals surface area (Å²) in [7, 11) is 0. The molecule has 3 atom stereocenters. The first-order chi connectivity index (χ1) is 10.5. The first kappa shape index (κ1) is 14.5. The molecule has 2 bridgehead atoms. The Hall–Kier alpha value is -1.04. The van der Waals surface area contributed by atoms with Gasteiger partial charge in [0, 0.05) is 16.7 Å². The van der Waals surface area contributed by atoms with E-state index < -0.39 is 5.92 Å². The predicted molar refractivity (Wildman–Crippen MR) is 88.8 cm³/mol. The van der Waals surface area contributed by atoms with Crippen LogP contribution < -0.4 is 0 Å². The van der Waals surface area contributed by atoms with Gasteiger partial charge in [0.05, 0.1) is 14.9 Å². The van der Waals surface area contributed by atoms with Crippen molar-refractivity contribution >= 4 is 45.8 Å². The van der Waals surface area contributed by atoms with Crippen molar-refractivity contribution in [1.29, 1.82) is 0 Å². The fraction of sp³-hybridized carbons (Fsp3) is 0.438. The van der Waals surface area contributed by atoms with Gasteiger partial charge in [-0.1, -0.05) is 11.6 Å². The molecule has 0 radical (unpaired) electrons. The van der Waals surface area contributed by atoms with Crippen molar-refractivity contribution in [2.75, 3.05) is 0 Å². The van der Waals surface area contributed by atoms with Crippen LogP contribution in [0.3, 0.4) is 0 Å². The lowest BCUT2D eigenvalue weighted by Crippen LogP contribution is -2.35. The minimum absolute atomic E-state index is 0.0634. The number of fused-ring (bicyclic) bond motifs is 2. The molecule has 2 fully saturated rings. The standard InChI is InChI=1S/C16H14ClNO2S2/c1-7-13(18-16(21-7)10-4-5-11(17)22-10)12-14(19)8-2-3-9(6-8)15(12)20/h4-5,8-9,12H,2-3,6H2,1H3/t8-,9+,12?. The van der Waals surface area contributed by atoms with E-state index in [2.05, 4.69) is 4.98 Å². The van der Waals surface area contributed by atoms with E-state index in [1.807, 2.05) is 19.1 Å². The van der Waals surface area contributed by atoms with Gasteiger partial charge in [-0.25, -0.2) is 4.98 Å². The van der Waals surface area contributed by atoms with Crippen molar-refractivity contribution in [1.82, 2.24) is 4.98 Å². The zero-order valence-corrected chi connectivity index (χ0v) is 14.4. The Labute approximate surface area is 141 Å². The van der Waals surface area contributed by atoms with Gasteiger partial charge in [-0.3, -0.25) is 9.59 Å². The number of rotatable bonds is 2. The molecule has 114 valence electrons. The summed E-state index contributed by atoms with van der Waals surface area (Å²) in [5.74, 6) is -0.334. The molecule has 0 aliphatic heterocycles. The Morgan fingerprint density at radius 3 is 2.41 bits per heavy atom. The number of thiazole rings is 1. The molecule has 0 aromatic carbocycles. The topological polar surface area (TPSA) is 47.0 Å². The minimum Gasteiger partial charge on any atom is -0.298 e. The van der Waals surface area contributed by atoms with Gasteiger partial charge in [0.25, 0.3) is 0 Å². The Kier molecular flexibility index (Phi) is 3.47. The van der Waals surface area contributed by atoms with Crippen LogP contribution in [0.2, 0.25) is 4.34 Å². The summed E-state index contributed by atoms with van der Waals surface area (Å²) in [6.07, 6.45) is 2.48. The van der Waals surface area contributed by atoms with Crippen molar-refractivity contribution < 1.29 is 9.59 Å². The third-order valence-electron chi connectivity index (χ3n) is 4.70. The van der Waals surface area contributed by atoms with E-state index in [9.17, 15) is 9.59 Å². The van der Waals surface area contributed by atoms with Gasteiger partial charge < -0.3 is 0 Å². The summed E-state index contributed by atoms with van der Waals surface area (Å²) in [6.45, 7) is 1.95. The van der Waals surface area contributed by atoms with E-state index >= 15 is 0 Å². The Balaban J connectivity index is 1.75. The quantitative estimate of drug-likeness (QED) is 0.749. The van der Waals surface area contributed by atoms with Crippen molar-refractivity contribution in [3.63, 3.8) is 0 Å². The average molecular weight is 352 g/mol. The second kappa shape index (κ2) is 5.25. The highest BCUT2D eigenvalue weighted by molar-refractivity contribution is 7.23. The SMILES string of the molecule is Cc1sc(-c2ccc(Cl)s2)nc1C1C(=O)[C@@H]2CC[C@@H](C2)C1=O. The highest BCUT2D eigenvalue weighted by Crippen LogP contribution is 2.45. The van der Waals surface area contributed by atoms with E-state index in [4.69, 9.17) is 11.6 Å². The third-order valence-corrected chi connectivity index (χ3v) is 7.08. The van der Waals surface area contributed by atoms with Crippen LogP contribution in [0.5, 0.6) is 0 Å². The van der Waals surface area contributed by atoms with E-state index in [1.54, 1.807) is 0 Å². The first-order valence-corrected chi connectivity index (χ1v) is 9.36. The van der Waals surface area contributed by atoms with Crippen molar-refractivity contribution in [2.45, 2.75) is 32.1 Å². The number of aryl methyl sites for hydroxylation is 1. The zero-order valence-electron chi connectivity index (χ0n) is 12.0. The van der Waals surface area contributed by atoms with Crippen LogP contribution in [-0.4, -0.2) is 16.6 Å². The number of carbonyl (C=O) groups excluding carboxylic acids is 2. The van der Waals surface area contributed by atoms with Gasteiger partial charge in [0.15, 0.2) is 11.6 Å². The number of hydrogen-bond acceptors (Lipinski definition) is 5. The number of Topliss-reactive ketones (excluding diaryl/α,β-unsaturated/α-hetero) is 2. The molecule has 6 heteroatoms. The maximum Gasteiger partial charge on any atom is 0.152 e. The van der Waals surface area contributed by atoms with Gasteiger partial charge >= 0.3 is 0 Å². The van der Waals surface area contributed by atoms with Crippen LogP contribution >= 0.6 is 34.3 Å². The molecule has 2 aromatic rings. The molecule has 2 aliphatic rings. The molecule has 4 rings (SSSR count).